The van der Waals surface area contributed by atoms with E-state index in [-0.39, 0.29) is 17.8 Å². The van der Waals surface area contributed by atoms with Crippen molar-refractivity contribution in [3.63, 3.8) is 0 Å². The summed E-state index contributed by atoms with van der Waals surface area (Å²) >= 11 is 0. The molecule has 72 valence electrons. The molecule has 0 spiro atoms. The maximum Gasteiger partial charge on any atom is 0.182 e. The quantitative estimate of drug-likeness (QED) is 0.756. The lowest BCUT2D eigenvalue weighted by atomic mass is 10.2. The molecule has 0 aliphatic heterocycles. The first-order valence-electron chi connectivity index (χ1n) is 4.11. The van der Waals surface area contributed by atoms with Gasteiger partial charge in [0.25, 0.3) is 0 Å². The highest BCUT2D eigenvalue weighted by atomic mass is 19.2. The largest absolute Gasteiger partial charge is 0.383 e. The number of halogens is 2. The summed E-state index contributed by atoms with van der Waals surface area (Å²) in [5, 5.41) is 2.71. The van der Waals surface area contributed by atoms with Crippen molar-refractivity contribution in [2.45, 2.75) is 13.5 Å². The van der Waals surface area contributed by atoms with Gasteiger partial charge in [0.15, 0.2) is 11.6 Å². The summed E-state index contributed by atoms with van der Waals surface area (Å²) in [5.41, 5.74) is 5.59. The standard InChI is InChI=1S/C9H12F2N2/c1-2-13-7-4-3-6(5-12)8(10)9(7)11/h3-4,13H,2,5,12H2,1H3. The van der Waals surface area contributed by atoms with Gasteiger partial charge in [0.05, 0.1) is 5.69 Å². The molecule has 0 aromatic heterocycles. The van der Waals surface area contributed by atoms with Crippen molar-refractivity contribution in [3.8, 4) is 0 Å². The van der Waals surface area contributed by atoms with Crippen molar-refractivity contribution in [3.05, 3.63) is 29.3 Å². The second-order valence-corrected chi connectivity index (χ2v) is 2.63. The Kier molecular flexibility index (Phi) is 3.19. The average molecular weight is 186 g/mol. The zero-order valence-electron chi connectivity index (χ0n) is 7.40. The van der Waals surface area contributed by atoms with Gasteiger partial charge in [-0.1, -0.05) is 6.07 Å². The molecule has 0 saturated carbocycles. The number of hydrogen-bond acceptors (Lipinski definition) is 2. The van der Waals surface area contributed by atoms with Crippen molar-refractivity contribution >= 4 is 5.69 Å². The van der Waals surface area contributed by atoms with E-state index in [4.69, 9.17) is 5.73 Å². The molecule has 0 unspecified atom stereocenters. The fraction of sp³-hybridized carbons (Fsp3) is 0.333. The molecule has 0 atom stereocenters. The minimum absolute atomic E-state index is 0.00909. The second-order valence-electron chi connectivity index (χ2n) is 2.63. The number of hydrogen-bond donors (Lipinski definition) is 2. The van der Waals surface area contributed by atoms with Crippen molar-refractivity contribution in [1.82, 2.24) is 0 Å². The van der Waals surface area contributed by atoms with Crippen LogP contribution in [0.25, 0.3) is 0 Å². The fourth-order valence-corrected chi connectivity index (χ4v) is 1.07. The normalized spacial score (nSPS) is 10.2. The van der Waals surface area contributed by atoms with Gasteiger partial charge in [-0.2, -0.15) is 0 Å². The van der Waals surface area contributed by atoms with Gasteiger partial charge in [-0.15, -0.1) is 0 Å². The van der Waals surface area contributed by atoms with Gasteiger partial charge in [0.2, 0.25) is 0 Å². The molecule has 13 heavy (non-hydrogen) atoms. The summed E-state index contributed by atoms with van der Waals surface area (Å²) in [7, 11) is 0. The number of nitrogens with two attached hydrogens (primary N) is 1. The minimum Gasteiger partial charge on any atom is -0.383 e. The van der Waals surface area contributed by atoms with Crippen LogP contribution in [-0.4, -0.2) is 6.54 Å². The van der Waals surface area contributed by atoms with E-state index in [0.29, 0.717) is 6.54 Å². The van der Waals surface area contributed by atoms with E-state index in [1.807, 2.05) is 6.92 Å². The van der Waals surface area contributed by atoms with Gasteiger partial charge >= 0.3 is 0 Å². The monoisotopic (exact) mass is 186 g/mol. The van der Waals surface area contributed by atoms with Crippen molar-refractivity contribution in [2.24, 2.45) is 5.73 Å². The Hall–Kier alpha value is -1.16. The Labute approximate surface area is 75.7 Å². The second kappa shape index (κ2) is 4.18. The Morgan fingerprint density at radius 1 is 1.31 bits per heavy atom. The highest BCUT2D eigenvalue weighted by Crippen LogP contribution is 2.19. The molecule has 2 nitrogen and oxygen atoms in total. The average Bonchev–Trinajstić information content (AvgIpc) is 2.14. The van der Waals surface area contributed by atoms with Crippen LogP contribution in [0.15, 0.2) is 12.1 Å². The van der Waals surface area contributed by atoms with Crippen LogP contribution < -0.4 is 11.1 Å². The number of nitrogens with one attached hydrogen (secondary N) is 1. The van der Waals surface area contributed by atoms with Crippen LogP contribution >= 0.6 is 0 Å². The molecule has 1 aromatic carbocycles. The Balaban J connectivity index is 3.07. The van der Waals surface area contributed by atoms with Gasteiger partial charge in [-0.25, -0.2) is 8.78 Å². The van der Waals surface area contributed by atoms with Gasteiger partial charge in [-0.3, -0.25) is 0 Å². The third-order valence-corrected chi connectivity index (χ3v) is 1.75. The summed E-state index contributed by atoms with van der Waals surface area (Å²) in [6.45, 7) is 2.38. The molecule has 0 amide bonds. The maximum atomic E-state index is 13.1. The highest BCUT2D eigenvalue weighted by Gasteiger charge is 2.11. The third-order valence-electron chi connectivity index (χ3n) is 1.75. The molecule has 3 N–H and O–H groups in total. The summed E-state index contributed by atoms with van der Waals surface area (Å²) in [5.74, 6) is -1.72. The molecule has 0 fully saturated rings. The number of rotatable bonds is 3. The predicted molar refractivity (Wildman–Crippen MR) is 48.4 cm³/mol. The molecule has 0 heterocycles. The van der Waals surface area contributed by atoms with Crippen LogP contribution in [0.1, 0.15) is 12.5 Å². The topological polar surface area (TPSA) is 38.0 Å². The summed E-state index contributed by atoms with van der Waals surface area (Å²) in [6, 6.07) is 2.97. The van der Waals surface area contributed by atoms with Crippen LogP contribution in [0.4, 0.5) is 14.5 Å². The SMILES string of the molecule is CCNc1ccc(CN)c(F)c1F. The first-order valence-corrected chi connectivity index (χ1v) is 4.11. The van der Waals surface area contributed by atoms with Crippen LogP contribution in [0, 0.1) is 11.6 Å². The van der Waals surface area contributed by atoms with Crippen LogP contribution in [0.5, 0.6) is 0 Å². The van der Waals surface area contributed by atoms with E-state index in [2.05, 4.69) is 5.32 Å². The first kappa shape index (κ1) is 9.92. The lowest BCUT2D eigenvalue weighted by molar-refractivity contribution is 0.501. The van der Waals surface area contributed by atoms with Gasteiger partial charge < -0.3 is 11.1 Å². The summed E-state index contributed by atoms with van der Waals surface area (Å²) in [4.78, 5) is 0. The van der Waals surface area contributed by atoms with Gasteiger partial charge in [0, 0.05) is 18.7 Å². The van der Waals surface area contributed by atoms with E-state index >= 15 is 0 Å². The first-order chi connectivity index (χ1) is 6.20. The zero-order valence-corrected chi connectivity index (χ0v) is 7.40. The zero-order chi connectivity index (χ0) is 9.84. The van der Waals surface area contributed by atoms with Crippen molar-refractivity contribution in [1.29, 1.82) is 0 Å². The summed E-state index contributed by atoms with van der Waals surface area (Å²) < 4.78 is 26.2. The van der Waals surface area contributed by atoms with Gasteiger partial charge in [-0.05, 0) is 13.0 Å². The van der Waals surface area contributed by atoms with Crippen molar-refractivity contribution in [2.75, 3.05) is 11.9 Å². The smallest absolute Gasteiger partial charge is 0.182 e. The summed E-state index contributed by atoms with van der Waals surface area (Å²) in [6.07, 6.45) is 0. The fourth-order valence-electron chi connectivity index (χ4n) is 1.07. The Morgan fingerprint density at radius 2 is 2.00 bits per heavy atom. The van der Waals surface area contributed by atoms with Crippen LogP contribution in [0.2, 0.25) is 0 Å². The minimum atomic E-state index is -0.860. The molecular formula is C9H12F2N2. The van der Waals surface area contributed by atoms with E-state index in [1.54, 1.807) is 0 Å². The number of anilines is 1. The molecule has 0 aliphatic carbocycles. The molecule has 0 saturated heterocycles. The molecule has 0 aliphatic rings. The Morgan fingerprint density at radius 3 is 2.54 bits per heavy atom. The van der Waals surface area contributed by atoms with E-state index in [0.717, 1.165) is 0 Å². The number of benzene rings is 1. The third kappa shape index (κ3) is 1.95. The van der Waals surface area contributed by atoms with Gasteiger partial charge in [0.1, 0.15) is 0 Å². The molecule has 1 aromatic rings. The lowest BCUT2D eigenvalue weighted by Crippen LogP contribution is -2.06. The molecular weight excluding hydrogens is 174 g/mol. The predicted octanol–water partition coefficient (Wildman–Crippen LogP) is 1.86. The molecule has 1 rings (SSSR count). The van der Waals surface area contributed by atoms with E-state index in [1.165, 1.54) is 12.1 Å². The van der Waals surface area contributed by atoms with E-state index in [9.17, 15) is 8.78 Å². The van der Waals surface area contributed by atoms with Crippen LogP contribution in [0.3, 0.4) is 0 Å². The highest BCUT2D eigenvalue weighted by molar-refractivity contribution is 5.46. The molecule has 4 heteroatoms. The molecule has 0 bridgehead atoms. The van der Waals surface area contributed by atoms with Crippen LogP contribution in [-0.2, 0) is 6.54 Å². The Bertz CT molecular complexity index is 300. The molecule has 0 radical (unpaired) electrons. The van der Waals surface area contributed by atoms with E-state index < -0.39 is 11.6 Å². The van der Waals surface area contributed by atoms with Crippen molar-refractivity contribution < 1.29 is 8.78 Å². The maximum absolute atomic E-state index is 13.1. The lowest BCUT2D eigenvalue weighted by Gasteiger charge is -2.07.